The van der Waals surface area contributed by atoms with E-state index in [1.165, 1.54) is 30.6 Å². The second kappa shape index (κ2) is 6.75. The summed E-state index contributed by atoms with van der Waals surface area (Å²) in [6.45, 7) is 10.1. The monoisotopic (exact) mass is 341 g/mol. The Balaban J connectivity index is 1.52. The third kappa shape index (κ3) is 3.68. The second-order valence-electron chi connectivity index (χ2n) is 7.44. The van der Waals surface area contributed by atoms with Gasteiger partial charge >= 0.3 is 0 Å². The molecule has 0 aromatic carbocycles. The van der Waals surface area contributed by atoms with E-state index in [-0.39, 0.29) is 0 Å². The van der Waals surface area contributed by atoms with Crippen molar-refractivity contribution < 1.29 is 4.52 Å². The lowest BCUT2D eigenvalue weighted by molar-refractivity contribution is 0.275. The topological polar surface area (TPSA) is 67.1 Å². The zero-order valence-corrected chi connectivity index (χ0v) is 15.4. The molecule has 134 valence electrons. The van der Waals surface area contributed by atoms with Gasteiger partial charge in [-0.3, -0.25) is 0 Å². The fourth-order valence-corrected chi connectivity index (χ4v) is 3.69. The van der Waals surface area contributed by atoms with Crippen LogP contribution in [0.2, 0.25) is 0 Å². The van der Waals surface area contributed by atoms with E-state index in [0.29, 0.717) is 6.54 Å². The normalized spacial score (nSPS) is 18.0. The third-order valence-corrected chi connectivity index (χ3v) is 5.37. The number of aryl methyl sites for hydroxylation is 3. The molecular formula is C19H27N5O. The molecule has 2 aromatic heterocycles. The molecule has 3 heterocycles. The van der Waals surface area contributed by atoms with E-state index < -0.39 is 0 Å². The van der Waals surface area contributed by atoms with E-state index >= 15 is 0 Å². The summed E-state index contributed by atoms with van der Waals surface area (Å²) in [5, 5.41) is 7.56. The van der Waals surface area contributed by atoms with Crippen molar-refractivity contribution in [2.24, 2.45) is 5.92 Å². The molecule has 1 aliphatic heterocycles. The first kappa shape index (κ1) is 16.5. The van der Waals surface area contributed by atoms with Crippen LogP contribution in [-0.4, -0.2) is 39.7 Å². The zero-order valence-electron chi connectivity index (χ0n) is 15.4. The van der Waals surface area contributed by atoms with E-state index in [1.807, 2.05) is 20.8 Å². The summed E-state index contributed by atoms with van der Waals surface area (Å²) in [6, 6.07) is 0. The number of anilines is 1. The number of nitrogens with zero attached hydrogens (tertiary/aromatic N) is 4. The molecule has 2 aliphatic rings. The van der Waals surface area contributed by atoms with Gasteiger partial charge in [-0.1, -0.05) is 5.16 Å². The molecule has 1 aliphatic carbocycles. The number of aromatic nitrogens is 3. The molecule has 6 heteroatoms. The molecule has 0 atom stereocenters. The van der Waals surface area contributed by atoms with E-state index in [4.69, 9.17) is 14.5 Å². The van der Waals surface area contributed by atoms with Crippen LogP contribution >= 0.6 is 0 Å². The lowest BCUT2D eigenvalue weighted by atomic mass is 10.1. The Morgan fingerprint density at radius 2 is 1.92 bits per heavy atom. The molecule has 1 fully saturated rings. The van der Waals surface area contributed by atoms with Gasteiger partial charge in [0.1, 0.15) is 17.4 Å². The maximum atomic E-state index is 5.27. The summed E-state index contributed by atoms with van der Waals surface area (Å²) in [7, 11) is 0. The molecule has 2 aromatic rings. The van der Waals surface area contributed by atoms with Crippen LogP contribution in [-0.2, 0) is 19.4 Å². The molecule has 0 unspecified atom stereocenters. The molecule has 1 N–H and O–H groups in total. The Kier molecular flexibility index (Phi) is 4.46. The minimum Gasteiger partial charge on any atom is -0.365 e. The predicted molar refractivity (Wildman–Crippen MR) is 96.6 cm³/mol. The average molecular weight is 341 g/mol. The van der Waals surface area contributed by atoms with Gasteiger partial charge in [-0.2, -0.15) is 0 Å². The van der Waals surface area contributed by atoms with Crippen LogP contribution in [0.1, 0.15) is 46.9 Å². The molecule has 0 bridgehead atoms. The number of hydrogen-bond donors (Lipinski definition) is 1. The summed E-state index contributed by atoms with van der Waals surface area (Å²) >= 11 is 0. The first-order chi connectivity index (χ1) is 12.1. The molecule has 0 saturated heterocycles. The maximum absolute atomic E-state index is 5.27. The summed E-state index contributed by atoms with van der Waals surface area (Å²) in [4.78, 5) is 12.0. The van der Waals surface area contributed by atoms with Crippen LogP contribution < -0.4 is 5.32 Å². The predicted octanol–water partition coefficient (Wildman–Crippen LogP) is 2.81. The van der Waals surface area contributed by atoms with E-state index in [2.05, 4.69) is 15.4 Å². The highest BCUT2D eigenvalue weighted by molar-refractivity contribution is 5.48. The van der Waals surface area contributed by atoms with Crippen LogP contribution in [0.3, 0.4) is 0 Å². The summed E-state index contributed by atoms with van der Waals surface area (Å²) in [5.41, 5.74) is 4.56. The Morgan fingerprint density at radius 3 is 2.64 bits per heavy atom. The Bertz CT molecular complexity index is 746. The largest absolute Gasteiger partial charge is 0.365 e. The van der Waals surface area contributed by atoms with Crippen LogP contribution in [0.15, 0.2) is 4.52 Å². The van der Waals surface area contributed by atoms with Gasteiger partial charge in [0, 0.05) is 43.7 Å². The van der Waals surface area contributed by atoms with Crippen LogP contribution in [0.5, 0.6) is 0 Å². The van der Waals surface area contributed by atoms with Gasteiger partial charge < -0.3 is 14.7 Å². The fourth-order valence-electron chi connectivity index (χ4n) is 3.69. The summed E-state index contributed by atoms with van der Waals surface area (Å²) < 4.78 is 5.27. The number of nitrogens with one attached hydrogen (secondary N) is 1. The third-order valence-electron chi connectivity index (χ3n) is 5.37. The minimum atomic E-state index is 0.690. The standard InChI is InChI=1S/C19H27N5O/c1-12-17(13(2)25-23-12)10-20-19-16-6-8-24(11-15-4-5-15)9-7-18(16)21-14(3)22-19/h15H,4-11H2,1-3H3,(H,20,21,22). The van der Waals surface area contributed by atoms with Crippen molar-refractivity contribution in [1.29, 1.82) is 0 Å². The number of fused-ring (bicyclic) bond motifs is 1. The quantitative estimate of drug-likeness (QED) is 0.902. The molecule has 6 nitrogen and oxygen atoms in total. The molecule has 0 spiro atoms. The van der Waals surface area contributed by atoms with Crippen molar-refractivity contribution >= 4 is 5.82 Å². The molecule has 0 amide bonds. The molecule has 0 radical (unpaired) electrons. The maximum Gasteiger partial charge on any atom is 0.138 e. The van der Waals surface area contributed by atoms with E-state index in [0.717, 1.165) is 60.5 Å². The lowest BCUT2D eigenvalue weighted by Gasteiger charge is -2.18. The SMILES string of the molecule is Cc1nc2c(c(NCc3c(C)noc3C)n1)CCN(CC1CC1)CC2. The molecule has 4 rings (SSSR count). The van der Waals surface area contributed by atoms with Crippen molar-refractivity contribution in [2.45, 2.75) is 53.0 Å². The van der Waals surface area contributed by atoms with Crippen LogP contribution in [0.4, 0.5) is 5.82 Å². The number of hydrogen-bond acceptors (Lipinski definition) is 6. The molecular weight excluding hydrogens is 314 g/mol. The fraction of sp³-hybridized carbons (Fsp3) is 0.632. The number of rotatable bonds is 5. The van der Waals surface area contributed by atoms with Crippen LogP contribution in [0, 0.1) is 26.7 Å². The first-order valence-electron chi connectivity index (χ1n) is 9.34. The van der Waals surface area contributed by atoms with E-state index in [1.54, 1.807) is 0 Å². The molecule has 25 heavy (non-hydrogen) atoms. The highest BCUT2D eigenvalue weighted by Crippen LogP contribution is 2.31. The average Bonchev–Trinajstić information content (AvgIpc) is 3.36. The first-order valence-corrected chi connectivity index (χ1v) is 9.34. The Morgan fingerprint density at radius 1 is 1.12 bits per heavy atom. The molecule has 1 saturated carbocycles. The van der Waals surface area contributed by atoms with Gasteiger partial charge in [-0.05, 0) is 46.0 Å². The Labute approximate surface area is 149 Å². The van der Waals surface area contributed by atoms with Crippen molar-refractivity contribution in [1.82, 2.24) is 20.0 Å². The van der Waals surface area contributed by atoms with Gasteiger partial charge in [0.25, 0.3) is 0 Å². The van der Waals surface area contributed by atoms with Crippen LogP contribution in [0.25, 0.3) is 0 Å². The minimum absolute atomic E-state index is 0.690. The van der Waals surface area contributed by atoms with Gasteiger partial charge in [-0.15, -0.1) is 0 Å². The van der Waals surface area contributed by atoms with Gasteiger partial charge in [0.2, 0.25) is 0 Å². The highest BCUT2D eigenvalue weighted by Gasteiger charge is 2.26. The second-order valence-corrected chi connectivity index (χ2v) is 7.44. The van der Waals surface area contributed by atoms with Crippen molar-refractivity contribution in [3.63, 3.8) is 0 Å². The van der Waals surface area contributed by atoms with Gasteiger partial charge in [-0.25, -0.2) is 9.97 Å². The van der Waals surface area contributed by atoms with Crippen molar-refractivity contribution in [3.05, 3.63) is 34.1 Å². The van der Waals surface area contributed by atoms with Crippen molar-refractivity contribution in [3.8, 4) is 0 Å². The Hall–Kier alpha value is -1.95. The zero-order chi connectivity index (χ0) is 17.4. The van der Waals surface area contributed by atoms with Gasteiger partial charge in [0.05, 0.1) is 11.4 Å². The highest BCUT2D eigenvalue weighted by atomic mass is 16.5. The van der Waals surface area contributed by atoms with Crippen molar-refractivity contribution in [2.75, 3.05) is 25.0 Å². The van der Waals surface area contributed by atoms with E-state index in [9.17, 15) is 0 Å². The smallest absolute Gasteiger partial charge is 0.138 e. The summed E-state index contributed by atoms with van der Waals surface area (Å²) in [6.07, 6.45) is 4.86. The summed E-state index contributed by atoms with van der Waals surface area (Å²) in [5.74, 6) is 3.63. The lowest BCUT2D eigenvalue weighted by Crippen LogP contribution is -2.28. The van der Waals surface area contributed by atoms with Gasteiger partial charge in [0.15, 0.2) is 0 Å².